The van der Waals surface area contributed by atoms with Gasteiger partial charge in [-0.3, -0.25) is 0 Å². The minimum atomic E-state index is -0.404. The first-order valence-corrected chi connectivity index (χ1v) is 9.30. The Morgan fingerprint density at radius 2 is 2.07 bits per heavy atom. The second-order valence-electron chi connectivity index (χ2n) is 5.85. The van der Waals surface area contributed by atoms with Gasteiger partial charge in [-0.05, 0) is 17.7 Å². The summed E-state index contributed by atoms with van der Waals surface area (Å²) in [5.74, 6) is -0.0112. The van der Waals surface area contributed by atoms with Crippen molar-refractivity contribution in [2.45, 2.75) is 13.0 Å². The fourth-order valence-corrected chi connectivity index (χ4v) is 3.78. The minimum Gasteiger partial charge on any atom is -0.481 e. The van der Waals surface area contributed by atoms with E-state index < -0.39 is 5.82 Å². The van der Waals surface area contributed by atoms with Crippen molar-refractivity contribution in [2.24, 2.45) is 0 Å². The predicted octanol–water partition coefficient (Wildman–Crippen LogP) is 4.42. The third kappa shape index (κ3) is 3.86. The van der Waals surface area contributed by atoms with Crippen molar-refractivity contribution in [2.75, 3.05) is 12.4 Å². The molecule has 0 amide bonds. The zero-order chi connectivity index (χ0) is 18.8. The first kappa shape index (κ1) is 17.7. The van der Waals surface area contributed by atoms with Gasteiger partial charge < -0.3 is 15.0 Å². The summed E-state index contributed by atoms with van der Waals surface area (Å²) in [5, 5.41) is 5.54. The molecule has 0 saturated heterocycles. The number of methoxy groups -OCH3 is 1. The Morgan fingerprint density at radius 3 is 2.93 bits per heavy atom. The van der Waals surface area contributed by atoms with Crippen LogP contribution in [0.25, 0.3) is 11.0 Å². The fraction of sp³-hybridized carbons (Fsp3) is 0.167. The van der Waals surface area contributed by atoms with Gasteiger partial charge in [-0.1, -0.05) is 11.6 Å². The molecular weight excluding hydrogens is 389 g/mol. The van der Waals surface area contributed by atoms with Crippen LogP contribution in [0, 0.1) is 5.82 Å². The Morgan fingerprint density at radius 1 is 1.19 bits per heavy atom. The van der Waals surface area contributed by atoms with Gasteiger partial charge in [0.25, 0.3) is 0 Å². The number of H-pyrrole nitrogens is 1. The number of hydrogen-bond donors (Lipinski definition) is 2. The molecule has 0 bridgehead atoms. The van der Waals surface area contributed by atoms with E-state index in [-0.39, 0.29) is 0 Å². The van der Waals surface area contributed by atoms with E-state index in [1.807, 2.05) is 18.5 Å². The lowest BCUT2D eigenvalue weighted by molar-refractivity contribution is 0.391. The van der Waals surface area contributed by atoms with Crippen LogP contribution in [0.4, 0.5) is 9.52 Å². The average molecular weight is 404 g/mol. The zero-order valence-corrected chi connectivity index (χ0v) is 15.9. The second-order valence-corrected chi connectivity index (χ2v) is 7.40. The van der Waals surface area contributed by atoms with Gasteiger partial charge in [0.2, 0.25) is 5.88 Å². The summed E-state index contributed by atoms with van der Waals surface area (Å²) in [6.45, 7) is 0.369. The van der Waals surface area contributed by atoms with Gasteiger partial charge in [-0.15, -0.1) is 11.3 Å². The zero-order valence-electron chi connectivity index (χ0n) is 14.3. The van der Waals surface area contributed by atoms with Crippen LogP contribution in [0.1, 0.15) is 16.0 Å². The maximum atomic E-state index is 13.4. The lowest BCUT2D eigenvalue weighted by Crippen LogP contribution is -2.03. The van der Waals surface area contributed by atoms with Crippen molar-refractivity contribution in [3.8, 4) is 5.88 Å². The average Bonchev–Trinajstić information content (AvgIpc) is 3.27. The summed E-state index contributed by atoms with van der Waals surface area (Å²) in [6, 6.07) is 3.30. The standard InChI is InChI=1S/C18H15ClFN5OS/c1-26-17-11(2-13(20)8-23-17)6-24-18-25-9-14(27-18)3-10-5-21-16-15(10)4-12(19)7-22-16/h2,4-5,7-9H,3,6H2,1H3,(H,21,22)(H,24,25). The highest BCUT2D eigenvalue weighted by molar-refractivity contribution is 7.15. The molecule has 4 rings (SSSR count). The molecule has 4 heterocycles. The van der Waals surface area contributed by atoms with E-state index in [0.717, 1.165) is 32.8 Å². The number of rotatable bonds is 6. The maximum absolute atomic E-state index is 13.4. The van der Waals surface area contributed by atoms with Crippen molar-refractivity contribution in [1.82, 2.24) is 19.9 Å². The number of nitrogens with zero attached hydrogens (tertiary/aromatic N) is 3. The van der Waals surface area contributed by atoms with Crippen LogP contribution >= 0.6 is 22.9 Å². The molecular formula is C18H15ClFN5OS. The highest BCUT2D eigenvalue weighted by Crippen LogP contribution is 2.27. The van der Waals surface area contributed by atoms with E-state index in [1.54, 1.807) is 6.20 Å². The van der Waals surface area contributed by atoms with Crippen molar-refractivity contribution in [1.29, 1.82) is 0 Å². The number of aromatic amines is 1. The highest BCUT2D eigenvalue weighted by atomic mass is 35.5. The molecule has 0 aliphatic heterocycles. The number of pyridine rings is 2. The van der Waals surface area contributed by atoms with Crippen molar-refractivity contribution in [3.05, 3.63) is 63.8 Å². The molecule has 4 aromatic heterocycles. The van der Waals surface area contributed by atoms with Crippen LogP contribution in [0.5, 0.6) is 5.88 Å². The number of ether oxygens (including phenoxy) is 1. The molecule has 0 spiro atoms. The molecule has 0 aliphatic carbocycles. The van der Waals surface area contributed by atoms with Crippen LogP contribution < -0.4 is 10.1 Å². The smallest absolute Gasteiger partial charge is 0.218 e. The summed E-state index contributed by atoms with van der Waals surface area (Å²) in [7, 11) is 1.51. The van der Waals surface area contributed by atoms with Crippen LogP contribution in [0.3, 0.4) is 0 Å². The summed E-state index contributed by atoms with van der Waals surface area (Å²) < 4.78 is 18.6. The fourth-order valence-electron chi connectivity index (χ4n) is 2.79. The van der Waals surface area contributed by atoms with Crippen molar-refractivity contribution < 1.29 is 9.13 Å². The SMILES string of the molecule is COc1ncc(F)cc1CNc1ncc(Cc2c[nH]c3ncc(Cl)cc23)s1. The molecule has 0 unspecified atom stereocenters. The number of nitrogens with one attached hydrogen (secondary N) is 2. The molecule has 0 aromatic carbocycles. The molecule has 138 valence electrons. The first-order valence-electron chi connectivity index (χ1n) is 8.11. The Labute approximate surface area is 163 Å². The van der Waals surface area contributed by atoms with E-state index in [4.69, 9.17) is 16.3 Å². The topological polar surface area (TPSA) is 75.7 Å². The van der Waals surface area contributed by atoms with Gasteiger partial charge >= 0.3 is 0 Å². The summed E-state index contributed by atoms with van der Waals surface area (Å²) in [4.78, 5) is 16.8. The van der Waals surface area contributed by atoms with Gasteiger partial charge in [0, 0.05) is 47.4 Å². The second kappa shape index (κ2) is 7.50. The van der Waals surface area contributed by atoms with Crippen molar-refractivity contribution >= 4 is 39.1 Å². The molecule has 4 aromatic rings. The monoisotopic (exact) mass is 403 g/mol. The van der Waals surface area contributed by atoms with E-state index in [0.29, 0.717) is 29.4 Å². The lowest BCUT2D eigenvalue weighted by atomic mass is 10.1. The van der Waals surface area contributed by atoms with Crippen LogP contribution in [-0.2, 0) is 13.0 Å². The summed E-state index contributed by atoms with van der Waals surface area (Å²) >= 11 is 7.59. The molecule has 0 atom stereocenters. The number of aromatic nitrogens is 4. The van der Waals surface area contributed by atoms with Gasteiger partial charge in [0.05, 0.1) is 18.3 Å². The molecule has 0 saturated carbocycles. The molecule has 9 heteroatoms. The number of thiazole rings is 1. The number of anilines is 1. The number of halogens is 2. The highest BCUT2D eigenvalue weighted by Gasteiger charge is 2.11. The largest absolute Gasteiger partial charge is 0.481 e. The minimum absolute atomic E-state index is 0.369. The van der Waals surface area contributed by atoms with Crippen LogP contribution in [-0.4, -0.2) is 27.0 Å². The van der Waals surface area contributed by atoms with Gasteiger partial charge in [0.15, 0.2) is 5.13 Å². The Bertz CT molecular complexity index is 1100. The van der Waals surface area contributed by atoms with Gasteiger partial charge in [-0.2, -0.15) is 0 Å². The third-order valence-electron chi connectivity index (χ3n) is 4.02. The molecule has 0 aliphatic rings. The normalized spacial score (nSPS) is 11.1. The van der Waals surface area contributed by atoms with Crippen molar-refractivity contribution in [3.63, 3.8) is 0 Å². The van der Waals surface area contributed by atoms with E-state index >= 15 is 0 Å². The Balaban J connectivity index is 1.47. The molecule has 0 radical (unpaired) electrons. The molecule has 0 fully saturated rings. The summed E-state index contributed by atoms with van der Waals surface area (Å²) in [5.41, 5.74) is 2.54. The first-order chi connectivity index (χ1) is 13.1. The van der Waals surface area contributed by atoms with Crippen LogP contribution in [0.2, 0.25) is 5.02 Å². The predicted molar refractivity (Wildman–Crippen MR) is 104 cm³/mol. The van der Waals surface area contributed by atoms with Gasteiger partial charge in [0.1, 0.15) is 11.5 Å². The third-order valence-corrected chi connectivity index (χ3v) is 5.18. The quantitative estimate of drug-likeness (QED) is 0.498. The number of hydrogen-bond acceptors (Lipinski definition) is 6. The molecule has 27 heavy (non-hydrogen) atoms. The lowest BCUT2D eigenvalue weighted by Gasteiger charge is -2.07. The maximum Gasteiger partial charge on any atom is 0.218 e. The molecule has 6 nitrogen and oxygen atoms in total. The summed E-state index contributed by atoms with van der Waals surface area (Å²) in [6.07, 6.45) is 7.22. The van der Waals surface area contributed by atoms with E-state index in [9.17, 15) is 4.39 Å². The van der Waals surface area contributed by atoms with E-state index in [1.165, 1.54) is 24.5 Å². The van der Waals surface area contributed by atoms with E-state index in [2.05, 4.69) is 25.3 Å². The molecule has 2 N–H and O–H groups in total. The Kier molecular flexibility index (Phi) is 4.91. The van der Waals surface area contributed by atoms with Gasteiger partial charge in [-0.25, -0.2) is 19.3 Å². The van der Waals surface area contributed by atoms with Crippen LogP contribution in [0.15, 0.2) is 36.9 Å². The Hall–Kier alpha value is -2.71. The number of fused-ring (bicyclic) bond motifs is 1.